The summed E-state index contributed by atoms with van der Waals surface area (Å²) in [5.41, 5.74) is 11.3. The maximum atomic E-state index is 12.1. The highest BCUT2D eigenvalue weighted by atomic mass is 16.5. The summed E-state index contributed by atoms with van der Waals surface area (Å²) >= 11 is 0. The lowest BCUT2D eigenvalue weighted by Gasteiger charge is -2.24. The number of hydrazone groups is 1. The SMILES string of the molecule is CN/N=C(/N)c1c(-c2ccc(Oc3ccccn3)cc2)nn(C2CCCNC2)c1C=O. The van der Waals surface area contributed by atoms with Crippen LogP contribution in [-0.4, -0.2) is 47.0 Å². The Kier molecular flexibility index (Phi) is 6.23. The summed E-state index contributed by atoms with van der Waals surface area (Å²) in [7, 11) is 1.66. The molecule has 31 heavy (non-hydrogen) atoms. The second-order valence-corrected chi connectivity index (χ2v) is 7.19. The van der Waals surface area contributed by atoms with Crippen LogP contribution in [0.1, 0.15) is 34.9 Å². The summed E-state index contributed by atoms with van der Waals surface area (Å²) in [6.07, 6.45) is 4.44. The fourth-order valence-electron chi connectivity index (χ4n) is 3.72. The van der Waals surface area contributed by atoms with Crippen LogP contribution in [0.2, 0.25) is 0 Å². The number of piperidine rings is 1. The van der Waals surface area contributed by atoms with E-state index in [1.807, 2.05) is 36.4 Å². The zero-order chi connectivity index (χ0) is 21.6. The molecule has 2 aromatic heterocycles. The molecule has 0 spiro atoms. The molecule has 0 radical (unpaired) electrons. The number of amidine groups is 1. The van der Waals surface area contributed by atoms with E-state index in [1.165, 1.54) is 0 Å². The van der Waals surface area contributed by atoms with E-state index in [4.69, 9.17) is 15.6 Å². The summed E-state index contributed by atoms with van der Waals surface area (Å²) in [5.74, 6) is 1.37. The number of aromatic nitrogens is 3. The molecular formula is C22H25N7O2. The third kappa shape index (κ3) is 4.41. The molecule has 1 fully saturated rings. The molecule has 0 aliphatic carbocycles. The number of aldehydes is 1. The van der Waals surface area contributed by atoms with Crippen LogP contribution in [0.5, 0.6) is 11.6 Å². The van der Waals surface area contributed by atoms with E-state index >= 15 is 0 Å². The normalized spacial score (nSPS) is 16.7. The molecule has 3 aromatic rings. The molecule has 1 saturated heterocycles. The maximum absolute atomic E-state index is 12.1. The second-order valence-electron chi connectivity index (χ2n) is 7.19. The van der Waals surface area contributed by atoms with Crippen LogP contribution in [0, 0.1) is 0 Å². The van der Waals surface area contributed by atoms with Crippen molar-refractivity contribution in [2.24, 2.45) is 10.8 Å². The molecule has 0 saturated carbocycles. The van der Waals surface area contributed by atoms with Crippen LogP contribution in [0.25, 0.3) is 11.3 Å². The third-order valence-corrected chi connectivity index (χ3v) is 5.15. The number of carbonyl (C=O) groups is 1. The Morgan fingerprint density at radius 1 is 1.32 bits per heavy atom. The van der Waals surface area contributed by atoms with Gasteiger partial charge in [0.15, 0.2) is 12.1 Å². The highest BCUT2D eigenvalue weighted by molar-refractivity contribution is 6.07. The zero-order valence-electron chi connectivity index (χ0n) is 17.3. The molecule has 160 valence electrons. The van der Waals surface area contributed by atoms with Gasteiger partial charge < -0.3 is 21.2 Å². The van der Waals surface area contributed by atoms with Gasteiger partial charge in [-0.05, 0) is 49.7 Å². The van der Waals surface area contributed by atoms with Crippen molar-refractivity contribution in [1.82, 2.24) is 25.5 Å². The van der Waals surface area contributed by atoms with Crippen LogP contribution in [-0.2, 0) is 0 Å². The Bertz CT molecular complexity index is 1060. The quantitative estimate of drug-likeness (QED) is 0.233. The summed E-state index contributed by atoms with van der Waals surface area (Å²) in [6.45, 7) is 1.72. The summed E-state index contributed by atoms with van der Waals surface area (Å²) in [6, 6.07) is 13.0. The first-order valence-electron chi connectivity index (χ1n) is 10.2. The maximum Gasteiger partial charge on any atom is 0.219 e. The third-order valence-electron chi connectivity index (χ3n) is 5.15. The van der Waals surface area contributed by atoms with E-state index in [1.54, 1.807) is 24.0 Å². The van der Waals surface area contributed by atoms with Gasteiger partial charge in [-0.15, -0.1) is 0 Å². The number of nitrogens with one attached hydrogen (secondary N) is 2. The molecule has 1 aromatic carbocycles. The van der Waals surface area contributed by atoms with Gasteiger partial charge in [-0.2, -0.15) is 10.2 Å². The van der Waals surface area contributed by atoms with Gasteiger partial charge in [0, 0.05) is 31.4 Å². The van der Waals surface area contributed by atoms with Crippen LogP contribution in [0.15, 0.2) is 53.8 Å². The Hall–Kier alpha value is -3.72. The van der Waals surface area contributed by atoms with Gasteiger partial charge in [-0.1, -0.05) is 6.07 Å². The van der Waals surface area contributed by atoms with Crippen molar-refractivity contribution < 1.29 is 9.53 Å². The lowest BCUT2D eigenvalue weighted by atomic mass is 10.0. The number of hydrogen-bond donors (Lipinski definition) is 3. The van der Waals surface area contributed by atoms with Crippen molar-refractivity contribution in [2.45, 2.75) is 18.9 Å². The number of carbonyl (C=O) groups excluding carboxylic acids is 1. The fraction of sp³-hybridized carbons (Fsp3) is 0.273. The Labute approximate surface area is 180 Å². The molecule has 9 nitrogen and oxygen atoms in total. The minimum atomic E-state index is 0.0793. The molecular weight excluding hydrogens is 394 g/mol. The fourth-order valence-corrected chi connectivity index (χ4v) is 3.72. The number of hydrogen-bond acceptors (Lipinski definition) is 7. The minimum absolute atomic E-state index is 0.0793. The molecule has 1 atom stereocenters. The van der Waals surface area contributed by atoms with E-state index in [0.29, 0.717) is 28.6 Å². The molecule has 4 N–H and O–H groups in total. The number of rotatable bonds is 7. The Morgan fingerprint density at radius 2 is 2.16 bits per heavy atom. The van der Waals surface area contributed by atoms with Crippen molar-refractivity contribution in [1.29, 1.82) is 0 Å². The number of nitrogens with two attached hydrogens (primary N) is 1. The summed E-state index contributed by atoms with van der Waals surface area (Å²) in [4.78, 5) is 16.2. The lowest BCUT2D eigenvalue weighted by molar-refractivity contribution is 0.111. The van der Waals surface area contributed by atoms with E-state index < -0.39 is 0 Å². The molecule has 0 bridgehead atoms. The second kappa shape index (κ2) is 9.40. The standard InChI is InChI=1S/C22H25N7O2/c1-24-27-22(23)20-18(14-30)29(16-5-4-11-25-13-16)28-21(20)15-7-9-17(10-8-15)31-19-6-2-3-12-26-19/h2-3,6-10,12,14,16,24-25H,4-5,11,13H2,1H3,(H2,23,27). The zero-order valence-corrected chi connectivity index (χ0v) is 17.3. The average Bonchev–Trinajstić information content (AvgIpc) is 3.21. The van der Waals surface area contributed by atoms with Crippen molar-refractivity contribution in [3.8, 4) is 22.9 Å². The van der Waals surface area contributed by atoms with Gasteiger partial charge >= 0.3 is 0 Å². The predicted molar refractivity (Wildman–Crippen MR) is 118 cm³/mol. The summed E-state index contributed by atoms with van der Waals surface area (Å²) in [5, 5.41) is 12.3. The van der Waals surface area contributed by atoms with Gasteiger partial charge in [0.1, 0.15) is 17.1 Å². The number of pyridine rings is 1. The molecule has 4 rings (SSSR count). The minimum Gasteiger partial charge on any atom is -0.439 e. The molecule has 0 amide bonds. The Balaban J connectivity index is 1.73. The average molecular weight is 419 g/mol. The van der Waals surface area contributed by atoms with E-state index in [2.05, 4.69) is 20.8 Å². The van der Waals surface area contributed by atoms with Gasteiger partial charge in [0.25, 0.3) is 0 Å². The van der Waals surface area contributed by atoms with Crippen molar-refractivity contribution >= 4 is 12.1 Å². The van der Waals surface area contributed by atoms with Crippen molar-refractivity contribution in [3.05, 3.63) is 59.9 Å². The lowest BCUT2D eigenvalue weighted by Crippen LogP contribution is -2.33. The smallest absolute Gasteiger partial charge is 0.219 e. The summed E-state index contributed by atoms with van der Waals surface area (Å²) < 4.78 is 7.55. The highest BCUT2D eigenvalue weighted by Crippen LogP contribution is 2.30. The van der Waals surface area contributed by atoms with Crippen LogP contribution >= 0.6 is 0 Å². The van der Waals surface area contributed by atoms with E-state index in [-0.39, 0.29) is 11.9 Å². The van der Waals surface area contributed by atoms with Crippen molar-refractivity contribution in [3.63, 3.8) is 0 Å². The first-order chi connectivity index (χ1) is 15.2. The van der Waals surface area contributed by atoms with Crippen LogP contribution < -0.4 is 21.2 Å². The van der Waals surface area contributed by atoms with E-state index in [9.17, 15) is 4.79 Å². The topological polar surface area (TPSA) is 119 Å². The number of ether oxygens (including phenoxy) is 1. The first kappa shape index (κ1) is 20.5. The molecule has 1 aliphatic heterocycles. The number of nitrogens with zero attached hydrogens (tertiary/aromatic N) is 4. The Morgan fingerprint density at radius 3 is 2.81 bits per heavy atom. The largest absolute Gasteiger partial charge is 0.439 e. The van der Waals surface area contributed by atoms with Gasteiger partial charge in [-0.3, -0.25) is 9.48 Å². The van der Waals surface area contributed by atoms with E-state index in [0.717, 1.165) is 37.8 Å². The highest BCUT2D eigenvalue weighted by Gasteiger charge is 2.26. The monoisotopic (exact) mass is 419 g/mol. The molecule has 1 aliphatic rings. The van der Waals surface area contributed by atoms with Gasteiger partial charge in [0.2, 0.25) is 5.88 Å². The van der Waals surface area contributed by atoms with Crippen molar-refractivity contribution in [2.75, 3.05) is 20.1 Å². The van der Waals surface area contributed by atoms with Gasteiger partial charge in [0.05, 0.1) is 11.6 Å². The van der Waals surface area contributed by atoms with Gasteiger partial charge in [-0.25, -0.2) is 4.98 Å². The molecule has 3 heterocycles. The van der Waals surface area contributed by atoms with Crippen LogP contribution in [0.3, 0.4) is 0 Å². The predicted octanol–water partition coefficient (Wildman–Crippen LogP) is 2.31. The van der Waals surface area contributed by atoms with Crippen LogP contribution in [0.4, 0.5) is 0 Å². The molecule has 1 unspecified atom stereocenters. The molecule has 9 heteroatoms. The first-order valence-corrected chi connectivity index (χ1v) is 10.2. The number of benzene rings is 1.